The molecular formula is C18H27NO5. The van der Waals surface area contributed by atoms with Crippen LogP contribution in [0.3, 0.4) is 0 Å². The average molecular weight is 337 g/mol. The van der Waals surface area contributed by atoms with Crippen LogP contribution in [-0.4, -0.2) is 48.7 Å². The van der Waals surface area contributed by atoms with Gasteiger partial charge in [0.25, 0.3) is 0 Å². The van der Waals surface area contributed by atoms with E-state index in [1.54, 1.807) is 14.2 Å². The molecule has 0 saturated heterocycles. The number of benzene rings is 1. The van der Waals surface area contributed by atoms with E-state index in [0.717, 1.165) is 23.5 Å². The molecule has 0 radical (unpaired) electrons. The molecule has 0 bridgehead atoms. The monoisotopic (exact) mass is 337 g/mol. The summed E-state index contributed by atoms with van der Waals surface area (Å²) in [6.07, 6.45) is 2.35. The van der Waals surface area contributed by atoms with Gasteiger partial charge in [0.15, 0.2) is 0 Å². The highest BCUT2D eigenvalue weighted by Crippen LogP contribution is 2.26. The molecule has 1 aromatic carbocycles. The van der Waals surface area contributed by atoms with Gasteiger partial charge in [-0.25, -0.2) is 0 Å². The van der Waals surface area contributed by atoms with Crippen molar-refractivity contribution >= 4 is 11.9 Å². The van der Waals surface area contributed by atoms with E-state index < -0.39 is 5.97 Å². The molecule has 0 aromatic heterocycles. The number of carbonyl (C=O) groups excluding carboxylic acids is 1. The van der Waals surface area contributed by atoms with Crippen LogP contribution in [0.15, 0.2) is 18.2 Å². The quantitative estimate of drug-likeness (QED) is 0.710. The predicted octanol–water partition coefficient (Wildman–Crippen LogP) is 2.74. The minimum Gasteiger partial charge on any atom is -0.497 e. The topological polar surface area (TPSA) is 76.1 Å². The summed E-state index contributed by atoms with van der Waals surface area (Å²) in [7, 11) is 3.19. The van der Waals surface area contributed by atoms with Crippen molar-refractivity contribution in [3.63, 3.8) is 0 Å². The van der Waals surface area contributed by atoms with E-state index >= 15 is 0 Å². The third kappa shape index (κ3) is 5.76. The number of rotatable bonds is 10. The summed E-state index contributed by atoms with van der Waals surface area (Å²) in [5.41, 5.74) is 0.999. The van der Waals surface area contributed by atoms with Crippen molar-refractivity contribution < 1.29 is 24.2 Å². The molecule has 0 heterocycles. The molecule has 1 unspecified atom stereocenters. The molecular weight excluding hydrogens is 310 g/mol. The van der Waals surface area contributed by atoms with Gasteiger partial charge in [-0.2, -0.15) is 0 Å². The number of aryl methyl sites for hydroxylation is 1. The molecule has 0 saturated carbocycles. The van der Waals surface area contributed by atoms with Gasteiger partial charge in [-0.05, 0) is 37.8 Å². The summed E-state index contributed by atoms with van der Waals surface area (Å²) < 4.78 is 10.5. The molecule has 134 valence electrons. The van der Waals surface area contributed by atoms with Gasteiger partial charge >= 0.3 is 5.97 Å². The van der Waals surface area contributed by atoms with Gasteiger partial charge in [-0.3, -0.25) is 9.59 Å². The molecule has 1 atom stereocenters. The molecule has 1 aromatic rings. The number of carbonyl (C=O) groups is 2. The Labute approximate surface area is 143 Å². The highest BCUT2D eigenvalue weighted by Gasteiger charge is 2.21. The second kappa shape index (κ2) is 9.80. The SMILES string of the molecule is CCC(C)N(CC(=O)O)C(=O)CCCc1ccc(OC)cc1OC. The van der Waals surface area contributed by atoms with Gasteiger partial charge in [0.1, 0.15) is 18.0 Å². The van der Waals surface area contributed by atoms with E-state index in [2.05, 4.69) is 0 Å². The third-order valence-electron chi connectivity index (χ3n) is 4.08. The number of carboxylic acid groups (broad SMARTS) is 1. The molecule has 1 rings (SSSR count). The van der Waals surface area contributed by atoms with Crippen molar-refractivity contribution in [1.82, 2.24) is 4.90 Å². The second-order valence-corrected chi connectivity index (χ2v) is 5.70. The standard InChI is InChI=1S/C18H27NO5/c1-5-13(2)19(12-18(21)22)17(20)8-6-7-14-9-10-15(23-3)11-16(14)24-4/h9-11,13H,5-8,12H2,1-4H3,(H,21,22). The van der Waals surface area contributed by atoms with E-state index in [1.807, 2.05) is 32.0 Å². The Morgan fingerprint density at radius 1 is 1.25 bits per heavy atom. The van der Waals surface area contributed by atoms with Crippen molar-refractivity contribution in [2.75, 3.05) is 20.8 Å². The number of hydrogen-bond acceptors (Lipinski definition) is 4. The summed E-state index contributed by atoms with van der Waals surface area (Å²) in [5.74, 6) is 0.335. The van der Waals surface area contributed by atoms with Crippen LogP contribution in [-0.2, 0) is 16.0 Å². The third-order valence-corrected chi connectivity index (χ3v) is 4.08. The molecule has 1 N–H and O–H groups in total. The first-order valence-electron chi connectivity index (χ1n) is 8.15. The van der Waals surface area contributed by atoms with Gasteiger partial charge in [-0.1, -0.05) is 13.0 Å². The van der Waals surface area contributed by atoms with Gasteiger partial charge < -0.3 is 19.5 Å². The lowest BCUT2D eigenvalue weighted by Crippen LogP contribution is -2.41. The Morgan fingerprint density at radius 3 is 2.50 bits per heavy atom. The Kier molecular flexibility index (Phi) is 8.09. The summed E-state index contributed by atoms with van der Waals surface area (Å²) >= 11 is 0. The van der Waals surface area contributed by atoms with Crippen LogP contribution in [0, 0.1) is 0 Å². The number of carboxylic acids is 1. The van der Waals surface area contributed by atoms with Crippen molar-refractivity contribution in [2.24, 2.45) is 0 Å². The Bertz CT molecular complexity index is 558. The maximum Gasteiger partial charge on any atom is 0.323 e. The van der Waals surface area contributed by atoms with Crippen molar-refractivity contribution in [2.45, 2.75) is 45.6 Å². The fourth-order valence-corrected chi connectivity index (χ4v) is 2.49. The zero-order valence-corrected chi connectivity index (χ0v) is 14.9. The lowest BCUT2D eigenvalue weighted by molar-refractivity contribution is -0.146. The normalized spacial score (nSPS) is 11.7. The van der Waals surface area contributed by atoms with E-state index in [0.29, 0.717) is 19.3 Å². The van der Waals surface area contributed by atoms with Crippen molar-refractivity contribution in [3.05, 3.63) is 23.8 Å². The first-order chi connectivity index (χ1) is 11.4. The Morgan fingerprint density at radius 2 is 1.96 bits per heavy atom. The first-order valence-corrected chi connectivity index (χ1v) is 8.15. The smallest absolute Gasteiger partial charge is 0.323 e. The number of aliphatic carboxylic acids is 1. The van der Waals surface area contributed by atoms with Crippen molar-refractivity contribution in [3.8, 4) is 11.5 Å². The molecule has 24 heavy (non-hydrogen) atoms. The van der Waals surface area contributed by atoms with E-state index in [1.165, 1.54) is 4.90 Å². The van der Waals surface area contributed by atoms with Crippen LogP contribution < -0.4 is 9.47 Å². The van der Waals surface area contributed by atoms with Crippen LogP contribution in [0.4, 0.5) is 0 Å². The minimum atomic E-state index is -0.986. The second-order valence-electron chi connectivity index (χ2n) is 5.70. The predicted molar refractivity (Wildman–Crippen MR) is 91.6 cm³/mol. The molecule has 0 aliphatic carbocycles. The fourth-order valence-electron chi connectivity index (χ4n) is 2.49. The summed E-state index contributed by atoms with van der Waals surface area (Å²) in [5, 5.41) is 8.98. The molecule has 1 amide bonds. The largest absolute Gasteiger partial charge is 0.497 e. The highest BCUT2D eigenvalue weighted by atomic mass is 16.5. The van der Waals surface area contributed by atoms with Crippen LogP contribution >= 0.6 is 0 Å². The number of amides is 1. The van der Waals surface area contributed by atoms with Gasteiger partial charge in [0.2, 0.25) is 5.91 Å². The van der Waals surface area contributed by atoms with Crippen LogP contribution in [0.2, 0.25) is 0 Å². The molecule has 6 nitrogen and oxygen atoms in total. The first kappa shape index (κ1) is 19.8. The molecule has 0 spiro atoms. The van der Waals surface area contributed by atoms with Crippen LogP contribution in [0.5, 0.6) is 11.5 Å². The van der Waals surface area contributed by atoms with Gasteiger partial charge in [0.05, 0.1) is 14.2 Å². The van der Waals surface area contributed by atoms with Gasteiger partial charge in [0, 0.05) is 18.5 Å². The van der Waals surface area contributed by atoms with E-state index in [-0.39, 0.29) is 18.5 Å². The molecule has 6 heteroatoms. The maximum absolute atomic E-state index is 12.3. The van der Waals surface area contributed by atoms with E-state index in [9.17, 15) is 9.59 Å². The zero-order valence-electron chi connectivity index (χ0n) is 14.9. The average Bonchev–Trinajstić information content (AvgIpc) is 2.58. The van der Waals surface area contributed by atoms with Gasteiger partial charge in [-0.15, -0.1) is 0 Å². The Hall–Kier alpha value is -2.24. The number of hydrogen-bond donors (Lipinski definition) is 1. The lowest BCUT2D eigenvalue weighted by atomic mass is 10.1. The molecule has 0 aliphatic heterocycles. The molecule has 0 fully saturated rings. The maximum atomic E-state index is 12.3. The molecule has 0 aliphatic rings. The Balaban J connectivity index is 2.65. The number of methoxy groups -OCH3 is 2. The summed E-state index contributed by atoms with van der Waals surface area (Å²) in [6.45, 7) is 3.56. The summed E-state index contributed by atoms with van der Waals surface area (Å²) in [6, 6.07) is 5.51. The van der Waals surface area contributed by atoms with Crippen LogP contribution in [0.1, 0.15) is 38.7 Å². The number of nitrogens with zero attached hydrogens (tertiary/aromatic N) is 1. The zero-order chi connectivity index (χ0) is 18.1. The minimum absolute atomic E-state index is 0.0795. The fraction of sp³-hybridized carbons (Fsp3) is 0.556. The number of ether oxygens (including phenoxy) is 2. The lowest BCUT2D eigenvalue weighted by Gasteiger charge is -2.27. The van der Waals surface area contributed by atoms with E-state index in [4.69, 9.17) is 14.6 Å². The highest BCUT2D eigenvalue weighted by molar-refractivity contribution is 5.81. The van der Waals surface area contributed by atoms with Crippen molar-refractivity contribution in [1.29, 1.82) is 0 Å². The summed E-state index contributed by atoms with van der Waals surface area (Å²) in [4.78, 5) is 24.7. The van der Waals surface area contributed by atoms with Crippen LogP contribution in [0.25, 0.3) is 0 Å².